The van der Waals surface area contributed by atoms with E-state index >= 15 is 0 Å². The minimum absolute atomic E-state index is 0.0432. The molecule has 1 heterocycles. The molecule has 0 fully saturated rings. The Morgan fingerprint density at radius 3 is 2.62 bits per heavy atom. The van der Waals surface area contributed by atoms with Gasteiger partial charge in [0.2, 0.25) is 15.9 Å². The van der Waals surface area contributed by atoms with Gasteiger partial charge in [-0.25, -0.2) is 17.5 Å². The van der Waals surface area contributed by atoms with E-state index in [-0.39, 0.29) is 17.3 Å². The molecule has 1 aromatic carbocycles. The van der Waals surface area contributed by atoms with Crippen LogP contribution in [0.25, 0.3) is 0 Å². The predicted octanol–water partition coefficient (Wildman–Crippen LogP) is 0.803. The number of nitrogens with zero attached hydrogens (tertiary/aromatic N) is 1. The second-order valence-electron chi connectivity index (χ2n) is 5.28. The number of hydrogen-bond donors (Lipinski definition) is 3. The van der Waals surface area contributed by atoms with E-state index in [1.807, 2.05) is 0 Å². The number of hydrogen-bond acceptors (Lipinski definition) is 4. The van der Waals surface area contributed by atoms with E-state index in [0.29, 0.717) is 23.4 Å². The lowest BCUT2D eigenvalue weighted by atomic mass is 10.1. The molecule has 0 atom stereocenters. The van der Waals surface area contributed by atoms with Crippen molar-refractivity contribution in [3.63, 3.8) is 0 Å². The molecule has 0 saturated heterocycles. The van der Waals surface area contributed by atoms with E-state index in [1.165, 1.54) is 6.07 Å². The maximum absolute atomic E-state index is 13.4. The van der Waals surface area contributed by atoms with Crippen molar-refractivity contribution in [2.45, 2.75) is 25.2 Å². The molecule has 3 N–H and O–H groups in total. The molecule has 1 amide bonds. The first kappa shape index (κ1) is 18.1. The van der Waals surface area contributed by atoms with Crippen molar-refractivity contribution in [3.05, 3.63) is 47.0 Å². The van der Waals surface area contributed by atoms with Gasteiger partial charge in [-0.15, -0.1) is 0 Å². The number of benzene rings is 1. The lowest BCUT2D eigenvalue weighted by molar-refractivity contribution is -0.119. The van der Waals surface area contributed by atoms with Crippen LogP contribution in [0, 0.1) is 19.7 Å². The van der Waals surface area contributed by atoms with Crippen LogP contribution in [0.4, 0.5) is 4.39 Å². The van der Waals surface area contributed by atoms with Gasteiger partial charge in [-0.1, -0.05) is 18.2 Å². The Labute approximate surface area is 139 Å². The SMILES string of the molecule is Cc1n[nH]c(C)c1S(=O)(=O)NCC(=O)NCCc1ccccc1F. The Morgan fingerprint density at radius 2 is 2.00 bits per heavy atom. The molecule has 0 aliphatic rings. The molecule has 2 rings (SSSR count). The maximum atomic E-state index is 13.4. The van der Waals surface area contributed by atoms with E-state index in [1.54, 1.807) is 32.0 Å². The second-order valence-corrected chi connectivity index (χ2v) is 6.98. The van der Waals surface area contributed by atoms with Crippen LogP contribution >= 0.6 is 0 Å². The van der Waals surface area contributed by atoms with Crippen LogP contribution < -0.4 is 10.0 Å². The van der Waals surface area contributed by atoms with E-state index in [0.717, 1.165) is 0 Å². The lowest BCUT2D eigenvalue weighted by Crippen LogP contribution is -2.38. The summed E-state index contributed by atoms with van der Waals surface area (Å²) in [6, 6.07) is 6.28. The number of nitrogens with one attached hydrogen (secondary N) is 3. The molecular weight excluding hydrogens is 335 g/mol. The summed E-state index contributed by atoms with van der Waals surface area (Å²) < 4.78 is 40.0. The minimum Gasteiger partial charge on any atom is -0.355 e. The number of aryl methyl sites for hydroxylation is 2. The third-order valence-electron chi connectivity index (χ3n) is 3.43. The number of rotatable bonds is 7. The average Bonchev–Trinajstić information content (AvgIpc) is 2.87. The zero-order valence-corrected chi connectivity index (χ0v) is 14.2. The van der Waals surface area contributed by atoms with Gasteiger partial charge in [0.15, 0.2) is 0 Å². The summed E-state index contributed by atoms with van der Waals surface area (Å²) in [5, 5.41) is 8.95. The molecule has 0 bridgehead atoms. The van der Waals surface area contributed by atoms with Gasteiger partial charge in [0.1, 0.15) is 10.7 Å². The molecular formula is C15H19FN4O3S. The van der Waals surface area contributed by atoms with Gasteiger partial charge in [0.25, 0.3) is 0 Å². The van der Waals surface area contributed by atoms with Crippen LogP contribution in [-0.2, 0) is 21.2 Å². The van der Waals surface area contributed by atoms with Crippen LogP contribution in [0.1, 0.15) is 17.0 Å². The predicted molar refractivity (Wildman–Crippen MR) is 86.4 cm³/mol. The summed E-state index contributed by atoms with van der Waals surface area (Å²) in [6.07, 6.45) is 0.325. The van der Waals surface area contributed by atoms with Gasteiger partial charge in [-0.3, -0.25) is 9.89 Å². The summed E-state index contributed by atoms with van der Waals surface area (Å²) in [7, 11) is -3.82. The highest BCUT2D eigenvalue weighted by Gasteiger charge is 2.22. The molecule has 9 heteroatoms. The Morgan fingerprint density at radius 1 is 1.29 bits per heavy atom. The number of H-pyrrole nitrogens is 1. The van der Waals surface area contributed by atoms with Crippen LogP contribution in [-0.4, -0.2) is 37.6 Å². The fraction of sp³-hybridized carbons (Fsp3) is 0.333. The van der Waals surface area contributed by atoms with Crippen molar-refractivity contribution < 1.29 is 17.6 Å². The van der Waals surface area contributed by atoms with Gasteiger partial charge < -0.3 is 5.32 Å². The Kier molecular flexibility index (Phi) is 5.68. The number of carbonyl (C=O) groups is 1. The quantitative estimate of drug-likeness (QED) is 0.684. The van der Waals surface area contributed by atoms with Crippen LogP contribution in [0.3, 0.4) is 0 Å². The van der Waals surface area contributed by atoms with Crippen LogP contribution in [0.2, 0.25) is 0 Å². The highest BCUT2D eigenvalue weighted by Crippen LogP contribution is 2.15. The topological polar surface area (TPSA) is 104 Å². The van der Waals surface area contributed by atoms with E-state index in [2.05, 4.69) is 20.2 Å². The maximum Gasteiger partial charge on any atom is 0.244 e. The number of halogens is 1. The van der Waals surface area contributed by atoms with E-state index in [9.17, 15) is 17.6 Å². The molecule has 2 aromatic rings. The zero-order chi connectivity index (χ0) is 17.7. The summed E-state index contributed by atoms with van der Waals surface area (Å²) in [4.78, 5) is 11.8. The van der Waals surface area contributed by atoms with Crippen molar-refractivity contribution in [2.75, 3.05) is 13.1 Å². The molecule has 24 heavy (non-hydrogen) atoms. The fourth-order valence-corrected chi connectivity index (χ4v) is 3.62. The first-order valence-corrected chi connectivity index (χ1v) is 8.81. The Bertz CT molecular complexity index is 813. The molecule has 0 unspecified atom stereocenters. The first-order valence-electron chi connectivity index (χ1n) is 7.32. The number of aromatic nitrogens is 2. The van der Waals surface area contributed by atoms with E-state index in [4.69, 9.17) is 0 Å². The second kappa shape index (κ2) is 7.54. The van der Waals surface area contributed by atoms with Crippen LogP contribution in [0.5, 0.6) is 0 Å². The van der Waals surface area contributed by atoms with Crippen molar-refractivity contribution in [3.8, 4) is 0 Å². The largest absolute Gasteiger partial charge is 0.355 e. The molecule has 0 aliphatic carbocycles. The minimum atomic E-state index is -3.82. The van der Waals surface area contributed by atoms with Crippen molar-refractivity contribution >= 4 is 15.9 Å². The third-order valence-corrected chi connectivity index (χ3v) is 5.09. The van der Waals surface area contributed by atoms with Gasteiger partial charge in [0, 0.05) is 6.54 Å². The summed E-state index contributed by atoms with van der Waals surface area (Å²) >= 11 is 0. The fourth-order valence-electron chi connectivity index (χ4n) is 2.27. The normalized spacial score (nSPS) is 11.5. The van der Waals surface area contributed by atoms with Gasteiger partial charge in [-0.2, -0.15) is 5.10 Å². The van der Waals surface area contributed by atoms with Crippen molar-refractivity contribution in [1.29, 1.82) is 0 Å². The summed E-state index contributed by atoms with van der Waals surface area (Å²) in [5.41, 5.74) is 1.22. The van der Waals surface area contributed by atoms with Gasteiger partial charge in [-0.05, 0) is 31.9 Å². The molecule has 7 nitrogen and oxygen atoms in total. The number of amides is 1. The van der Waals surface area contributed by atoms with E-state index < -0.39 is 22.5 Å². The monoisotopic (exact) mass is 354 g/mol. The zero-order valence-electron chi connectivity index (χ0n) is 13.4. The molecule has 130 valence electrons. The molecule has 0 aliphatic heterocycles. The first-order chi connectivity index (χ1) is 11.3. The number of carbonyl (C=O) groups excluding carboxylic acids is 1. The number of aromatic amines is 1. The lowest BCUT2D eigenvalue weighted by Gasteiger charge is -2.08. The van der Waals surface area contributed by atoms with Gasteiger partial charge in [0.05, 0.1) is 17.9 Å². The Hall–Kier alpha value is -2.26. The molecule has 1 aromatic heterocycles. The molecule has 0 saturated carbocycles. The van der Waals surface area contributed by atoms with Crippen molar-refractivity contribution in [2.24, 2.45) is 0 Å². The molecule has 0 spiro atoms. The standard InChI is InChI=1S/C15H19FN4O3S/c1-10-15(11(2)20-19-10)24(22,23)18-9-14(21)17-8-7-12-5-3-4-6-13(12)16/h3-6,18H,7-9H2,1-2H3,(H,17,21)(H,19,20). The summed E-state index contributed by atoms with van der Waals surface area (Å²) in [6.45, 7) is 2.96. The highest BCUT2D eigenvalue weighted by atomic mass is 32.2. The van der Waals surface area contributed by atoms with Crippen LogP contribution in [0.15, 0.2) is 29.2 Å². The number of sulfonamides is 1. The van der Waals surface area contributed by atoms with Crippen molar-refractivity contribution in [1.82, 2.24) is 20.2 Å². The summed E-state index contributed by atoms with van der Waals surface area (Å²) in [5.74, 6) is -0.827. The Balaban J connectivity index is 1.84. The third kappa shape index (κ3) is 4.39. The highest BCUT2D eigenvalue weighted by molar-refractivity contribution is 7.89. The van der Waals surface area contributed by atoms with Gasteiger partial charge >= 0.3 is 0 Å². The average molecular weight is 354 g/mol. The smallest absolute Gasteiger partial charge is 0.244 e. The molecule has 0 radical (unpaired) electrons.